The van der Waals surface area contributed by atoms with Crippen molar-refractivity contribution in [3.8, 4) is 10.6 Å². The zero-order valence-corrected chi connectivity index (χ0v) is 12.0. The van der Waals surface area contributed by atoms with E-state index < -0.39 is 17.9 Å². The summed E-state index contributed by atoms with van der Waals surface area (Å²) in [4.78, 5) is 26.6. The largest absolute Gasteiger partial charge is 0.480 e. The standard InChI is InChI=1S/C14H13FN2O3S/c1-8(14(19)20)16-12(18)6-11-7-21-13(17-11)9-2-4-10(15)5-3-9/h2-5,7-8H,6H2,1H3,(H,16,18)(H,19,20)/t8-/m1/s1. The van der Waals surface area contributed by atoms with Crippen LogP contribution in [0, 0.1) is 5.82 Å². The first-order chi connectivity index (χ1) is 9.95. The zero-order chi connectivity index (χ0) is 15.4. The van der Waals surface area contributed by atoms with E-state index >= 15 is 0 Å². The van der Waals surface area contributed by atoms with Crippen molar-refractivity contribution < 1.29 is 19.1 Å². The van der Waals surface area contributed by atoms with E-state index in [1.54, 1.807) is 17.5 Å². The molecule has 1 atom stereocenters. The number of hydrogen-bond donors (Lipinski definition) is 2. The Labute approximate surface area is 124 Å². The molecule has 1 amide bonds. The first kappa shape index (κ1) is 15.1. The number of benzene rings is 1. The number of carbonyl (C=O) groups excluding carboxylic acids is 1. The molecular formula is C14H13FN2O3S. The van der Waals surface area contributed by atoms with Gasteiger partial charge in [-0.25, -0.2) is 9.37 Å². The molecule has 0 saturated heterocycles. The second kappa shape index (κ2) is 6.45. The van der Waals surface area contributed by atoms with Gasteiger partial charge in [0.15, 0.2) is 0 Å². The minimum atomic E-state index is -1.09. The molecule has 0 fully saturated rings. The van der Waals surface area contributed by atoms with Gasteiger partial charge < -0.3 is 10.4 Å². The van der Waals surface area contributed by atoms with Gasteiger partial charge in [-0.1, -0.05) is 0 Å². The third kappa shape index (κ3) is 4.09. The zero-order valence-electron chi connectivity index (χ0n) is 11.2. The van der Waals surface area contributed by atoms with Crippen molar-refractivity contribution >= 4 is 23.2 Å². The van der Waals surface area contributed by atoms with Crippen LogP contribution in [0.25, 0.3) is 10.6 Å². The Balaban J connectivity index is 2.01. The molecule has 1 aromatic heterocycles. The number of aliphatic carboxylic acids is 1. The van der Waals surface area contributed by atoms with Crippen LogP contribution in [0.15, 0.2) is 29.6 Å². The monoisotopic (exact) mass is 308 g/mol. The molecule has 0 saturated carbocycles. The molecule has 0 aliphatic carbocycles. The van der Waals surface area contributed by atoms with Crippen molar-refractivity contribution in [3.05, 3.63) is 41.2 Å². The number of carboxylic acids is 1. The summed E-state index contributed by atoms with van der Waals surface area (Å²) < 4.78 is 12.8. The summed E-state index contributed by atoms with van der Waals surface area (Å²) in [6, 6.07) is 4.98. The van der Waals surface area contributed by atoms with Crippen molar-refractivity contribution in [3.63, 3.8) is 0 Å². The molecule has 2 rings (SSSR count). The quantitative estimate of drug-likeness (QED) is 0.886. The van der Waals surface area contributed by atoms with E-state index in [0.717, 1.165) is 5.56 Å². The van der Waals surface area contributed by atoms with Crippen LogP contribution >= 0.6 is 11.3 Å². The molecule has 2 aromatic rings. The first-order valence-electron chi connectivity index (χ1n) is 6.18. The molecule has 2 N–H and O–H groups in total. The Morgan fingerprint density at radius 3 is 2.67 bits per heavy atom. The lowest BCUT2D eigenvalue weighted by Crippen LogP contribution is -2.39. The Hall–Kier alpha value is -2.28. The van der Waals surface area contributed by atoms with Crippen LogP contribution in [0.1, 0.15) is 12.6 Å². The van der Waals surface area contributed by atoms with E-state index in [9.17, 15) is 14.0 Å². The van der Waals surface area contributed by atoms with Gasteiger partial charge in [0.1, 0.15) is 16.9 Å². The van der Waals surface area contributed by atoms with Crippen LogP contribution in [-0.4, -0.2) is 28.0 Å². The lowest BCUT2D eigenvalue weighted by molar-refractivity contribution is -0.141. The topological polar surface area (TPSA) is 79.3 Å². The highest BCUT2D eigenvalue weighted by Gasteiger charge is 2.15. The highest BCUT2D eigenvalue weighted by Crippen LogP contribution is 2.24. The fourth-order valence-corrected chi connectivity index (χ4v) is 2.46. The molecule has 0 bridgehead atoms. The van der Waals surface area contributed by atoms with E-state index in [2.05, 4.69) is 10.3 Å². The van der Waals surface area contributed by atoms with Crippen molar-refractivity contribution in [1.82, 2.24) is 10.3 Å². The van der Waals surface area contributed by atoms with Crippen molar-refractivity contribution in [1.29, 1.82) is 0 Å². The maximum Gasteiger partial charge on any atom is 0.325 e. The van der Waals surface area contributed by atoms with Gasteiger partial charge >= 0.3 is 5.97 Å². The predicted molar refractivity (Wildman–Crippen MR) is 76.5 cm³/mol. The van der Waals surface area contributed by atoms with E-state index in [1.165, 1.54) is 30.4 Å². The first-order valence-corrected chi connectivity index (χ1v) is 7.06. The second-order valence-electron chi connectivity index (χ2n) is 4.46. The fourth-order valence-electron chi connectivity index (χ4n) is 1.63. The summed E-state index contributed by atoms with van der Waals surface area (Å²) in [6.45, 7) is 1.39. The number of aromatic nitrogens is 1. The maximum absolute atomic E-state index is 12.8. The lowest BCUT2D eigenvalue weighted by atomic mass is 10.2. The van der Waals surface area contributed by atoms with Gasteiger partial charge in [-0.15, -0.1) is 11.3 Å². The average molecular weight is 308 g/mol. The molecule has 1 aromatic carbocycles. The molecule has 0 aliphatic heterocycles. The van der Waals surface area contributed by atoms with Gasteiger partial charge in [0, 0.05) is 10.9 Å². The van der Waals surface area contributed by atoms with Crippen LogP contribution in [0.5, 0.6) is 0 Å². The molecule has 1 heterocycles. The highest BCUT2D eigenvalue weighted by molar-refractivity contribution is 7.13. The van der Waals surface area contributed by atoms with E-state index in [1.807, 2.05) is 0 Å². The summed E-state index contributed by atoms with van der Waals surface area (Å²) in [6.07, 6.45) is 0.00924. The van der Waals surface area contributed by atoms with E-state index in [-0.39, 0.29) is 12.2 Å². The van der Waals surface area contributed by atoms with Gasteiger partial charge in [0.2, 0.25) is 5.91 Å². The highest BCUT2D eigenvalue weighted by atomic mass is 32.1. The smallest absolute Gasteiger partial charge is 0.325 e. The summed E-state index contributed by atoms with van der Waals surface area (Å²) in [7, 11) is 0. The normalized spacial score (nSPS) is 11.9. The third-order valence-electron chi connectivity index (χ3n) is 2.73. The number of halogens is 1. The van der Waals surface area contributed by atoms with Gasteiger partial charge in [-0.05, 0) is 31.2 Å². The Morgan fingerprint density at radius 1 is 1.38 bits per heavy atom. The van der Waals surface area contributed by atoms with Gasteiger partial charge in [0.05, 0.1) is 12.1 Å². The van der Waals surface area contributed by atoms with Crippen molar-refractivity contribution in [2.45, 2.75) is 19.4 Å². The van der Waals surface area contributed by atoms with Gasteiger partial charge in [-0.3, -0.25) is 9.59 Å². The molecule has 0 spiro atoms. The lowest BCUT2D eigenvalue weighted by Gasteiger charge is -2.07. The Morgan fingerprint density at radius 2 is 2.05 bits per heavy atom. The number of amides is 1. The fraction of sp³-hybridized carbons (Fsp3) is 0.214. The molecule has 110 valence electrons. The molecular weight excluding hydrogens is 295 g/mol. The van der Waals surface area contributed by atoms with Crippen molar-refractivity contribution in [2.75, 3.05) is 0 Å². The number of nitrogens with one attached hydrogen (secondary N) is 1. The predicted octanol–water partition coefficient (Wildman–Crippen LogP) is 2.08. The molecule has 5 nitrogen and oxygen atoms in total. The Kier molecular flexibility index (Phi) is 4.64. The number of rotatable bonds is 5. The number of hydrogen-bond acceptors (Lipinski definition) is 4. The molecule has 0 aliphatic rings. The molecule has 0 unspecified atom stereocenters. The van der Waals surface area contributed by atoms with E-state index in [0.29, 0.717) is 10.7 Å². The minimum absolute atomic E-state index is 0.00924. The SMILES string of the molecule is C[C@@H](NC(=O)Cc1csc(-c2ccc(F)cc2)n1)C(=O)O. The summed E-state index contributed by atoms with van der Waals surface area (Å²) in [5, 5.41) is 13.5. The van der Waals surface area contributed by atoms with Crippen LogP contribution < -0.4 is 5.32 Å². The molecule has 7 heteroatoms. The number of nitrogens with zero attached hydrogens (tertiary/aromatic N) is 1. The molecule has 21 heavy (non-hydrogen) atoms. The minimum Gasteiger partial charge on any atom is -0.480 e. The van der Waals surface area contributed by atoms with Gasteiger partial charge in [0.25, 0.3) is 0 Å². The average Bonchev–Trinajstić information content (AvgIpc) is 2.87. The Bertz CT molecular complexity index is 654. The van der Waals surface area contributed by atoms with Gasteiger partial charge in [-0.2, -0.15) is 0 Å². The van der Waals surface area contributed by atoms with Crippen LogP contribution in [0.4, 0.5) is 4.39 Å². The summed E-state index contributed by atoms with van der Waals surface area (Å²) in [5.41, 5.74) is 1.32. The van der Waals surface area contributed by atoms with Crippen LogP contribution in [0.2, 0.25) is 0 Å². The summed E-state index contributed by atoms with van der Waals surface area (Å²) >= 11 is 1.35. The second-order valence-corrected chi connectivity index (χ2v) is 5.31. The molecule has 0 radical (unpaired) electrons. The number of carbonyl (C=O) groups is 2. The van der Waals surface area contributed by atoms with Crippen LogP contribution in [-0.2, 0) is 16.0 Å². The summed E-state index contributed by atoms with van der Waals surface area (Å²) in [5.74, 6) is -1.81. The van der Waals surface area contributed by atoms with Crippen LogP contribution in [0.3, 0.4) is 0 Å². The van der Waals surface area contributed by atoms with E-state index in [4.69, 9.17) is 5.11 Å². The number of carboxylic acid groups (broad SMARTS) is 1. The third-order valence-corrected chi connectivity index (χ3v) is 3.67. The number of thiazole rings is 1. The van der Waals surface area contributed by atoms with Crippen molar-refractivity contribution in [2.24, 2.45) is 0 Å². The maximum atomic E-state index is 12.8.